The van der Waals surface area contributed by atoms with Crippen LogP contribution >= 0.6 is 39.1 Å². The Balaban J connectivity index is 2.05. The van der Waals surface area contributed by atoms with Crippen molar-refractivity contribution in [2.75, 3.05) is 23.7 Å². The molecule has 3 rings (SSSR count). The summed E-state index contributed by atoms with van der Waals surface area (Å²) in [6.45, 7) is 2.03. The zero-order valence-corrected chi connectivity index (χ0v) is 26.2. The van der Waals surface area contributed by atoms with Gasteiger partial charge in [0.25, 0.3) is 0 Å². The van der Waals surface area contributed by atoms with Gasteiger partial charge in [-0.1, -0.05) is 94.9 Å². The number of nitrogens with one attached hydrogen (secondary N) is 1. The van der Waals surface area contributed by atoms with Crippen molar-refractivity contribution in [1.29, 1.82) is 0 Å². The standard InChI is InChI=1S/C29H32BrCl2N3O4S/c1-3-4-15-33-29(37)27(17-21-9-6-5-7-10-21)34(19-22-11-8-12-23(30)16-22)28(36)20-35(40(2,38)39)26-14-13-24(31)18-25(26)32/h5-14,16,18,27H,3-4,15,17,19-20H2,1-2H3,(H,33,37)/t27-/m1/s1. The van der Waals surface area contributed by atoms with Crippen LogP contribution in [0.3, 0.4) is 0 Å². The third-order valence-corrected chi connectivity index (χ3v) is 8.36. The van der Waals surface area contributed by atoms with Crippen molar-refractivity contribution in [2.24, 2.45) is 0 Å². The predicted octanol–water partition coefficient (Wildman–Crippen LogP) is 6.08. The van der Waals surface area contributed by atoms with Gasteiger partial charge in [0.05, 0.1) is 17.0 Å². The minimum absolute atomic E-state index is 0.0856. The van der Waals surface area contributed by atoms with Gasteiger partial charge in [-0.15, -0.1) is 0 Å². The SMILES string of the molecule is CCCCNC(=O)[C@@H](Cc1ccccc1)N(Cc1cccc(Br)c1)C(=O)CN(c1ccc(Cl)cc1Cl)S(C)(=O)=O. The first-order valence-electron chi connectivity index (χ1n) is 12.8. The average Bonchev–Trinajstić information content (AvgIpc) is 2.89. The number of hydrogen-bond acceptors (Lipinski definition) is 4. The van der Waals surface area contributed by atoms with E-state index < -0.39 is 28.5 Å². The van der Waals surface area contributed by atoms with Crippen molar-refractivity contribution >= 4 is 66.7 Å². The van der Waals surface area contributed by atoms with Gasteiger partial charge >= 0.3 is 0 Å². The highest BCUT2D eigenvalue weighted by atomic mass is 79.9. The lowest BCUT2D eigenvalue weighted by atomic mass is 10.0. The number of carbonyl (C=O) groups excluding carboxylic acids is 2. The maximum Gasteiger partial charge on any atom is 0.244 e. The Morgan fingerprint density at radius 2 is 1.68 bits per heavy atom. The lowest BCUT2D eigenvalue weighted by molar-refractivity contribution is -0.140. The van der Waals surface area contributed by atoms with Crippen molar-refractivity contribution in [3.63, 3.8) is 0 Å². The molecule has 1 atom stereocenters. The summed E-state index contributed by atoms with van der Waals surface area (Å²) in [6, 6.07) is 20.3. The molecule has 0 radical (unpaired) electrons. The number of carbonyl (C=O) groups is 2. The van der Waals surface area contributed by atoms with Gasteiger partial charge in [-0.05, 0) is 47.9 Å². The first-order chi connectivity index (χ1) is 19.0. The predicted molar refractivity (Wildman–Crippen MR) is 165 cm³/mol. The third kappa shape index (κ3) is 9.23. The number of halogens is 3. The lowest BCUT2D eigenvalue weighted by Gasteiger charge is -2.33. The number of unbranched alkanes of at least 4 members (excludes halogenated alkanes) is 1. The van der Waals surface area contributed by atoms with Crippen molar-refractivity contribution in [3.8, 4) is 0 Å². The van der Waals surface area contributed by atoms with Gasteiger partial charge in [-0.3, -0.25) is 13.9 Å². The fourth-order valence-corrected chi connectivity index (χ4v) is 6.04. The van der Waals surface area contributed by atoms with E-state index in [4.69, 9.17) is 23.2 Å². The summed E-state index contributed by atoms with van der Waals surface area (Å²) in [5.74, 6) is -0.862. The maximum absolute atomic E-state index is 14.1. The first-order valence-corrected chi connectivity index (χ1v) is 16.2. The lowest BCUT2D eigenvalue weighted by Crippen LogP contribution is -2.53. The molecule has 0 aliphatic carbocycles. The number of rotatable bonds is 13. The Morgan fingerprint density at radius 1 is 0.975 bits per heavy atom. The van der Waals surface area contributed by atoms with E-state index in [1.807, 2.05) is 61.5 Å². The Labute approximate surface area is 254 Å². The number of hydrogen-bond donors (Lipinski definition) is 1. The number of sulfonamides is 1. The zero-order chi connectivity index (χ0) is 29.3. The molecule has 7 nitrogen and oxygen atoms in total. The van der Waals surface area contributed by atoms with E-state index in [9.17, 15) is 18.0 Å². The van der Waals surface area contributed by atoms with Gasteiger partial charge in [-0.25, -0.2) is 8.42 Å². The van der Waals surface area contributed by atoms with Crippen molar-refractivity contribution in [1.82, 2.24) is 10.2 Å². The summed E-state index contributed by atoms with van der Waals surface area (Å²) in [7, 11) is -3.93. The molecule has 40 heavy (non-hydrogen) atoms. The van der Waals surface area contributed by atoms with E-state index >= 15 is 0 Å². The van der Waals surface area contributed by atoms with Crippen LogP contribution in [0.15, 0.2) is 77.3 Å². The molecule has 0 aliphatic heterocycles. The van der Waals surface area contributed by atoms with Crippen LogP contribution in [0.1, 0.15) is 30.9 Å². The molecule has 0 unspecified atom stereocenters. The largest absolute Gasteiger partial charge is 0.354 e. The second kappa shape index (κ2) is 14.9. The average molecular weight is 669 g/mol. The molecule has 0 aliphatic rings. The fraction of sp³-hybridized carbons (Fsp3) is 0.310. The summed E-state index contributed by atoms with van der Waals surface area (Å²) in [5.41, 5.74) is 1.76. The van der Waals surface area contributed by atoms with E-state index in [-0.39, 0.29) is 29.6 Å². The molecule has 11 heteroatoms. The van der Waals surface area contributed by atoms with Gasteiger partial charge in [0.2, 0.25) is 21.8 Å². The van der Waals surface area contributed by atoms with Gasteiger partial charge in [0.1, 0.15) is 12.6 Å². The van der Waals surface area contributed by atoms with Crippen LogP contribution in [0.4, 0.5) is 5.69 Å². The van der Waals surface area contributed by atoms with Crippen LogP contribution in [0.2, 0.25) is 10.0 Å². The van der Waals surface area contributed by atoms with E-state index in [1.54, 1.807) is 0 Å². The van der Waals surface area contributed by atoms with Crippen molar-refractivity contribution < 1.29 is 18.0 Å². The van der Waals surface area contributed by atoms with E-state index in [0.29, 0.717) is 11.6 Å². The minimum atomic E-state index is -3.93. The molecule has 0 saturated heterocycles. The summed E-state index contributed by atoms with van der Waals surface area (Å²) >= 11 is 15.8. The molecule has 0 bridgehead atoms. The fourth-order valence-electron chi connectivity index (χ4n) is 4.17. The van der Waals surface area contributed by atoms with E-state index in [1.165, 1.54) is 23.1 Å². The summed E-state index contributed by atoms with van der Waals surface area (Å²) in [6.07, 6.45) is 2.94. The molecule has 214 valence electrons. The molecular weight excluding hydrogens is 637 g/mol. The Morgan fingerprint density at radius 3 is 2.30 bits per heavy atom. The molecule has 0 saturated carbocycles. The normalized spacial score (nSPS) is 12.0. The summed E-state index contributed by atoms with van der Waals surface area (Å²) in [5, 5.41) is 3.37. The highest BCUT2D eigenvalue weighted by Gasteiger charge is 2.33. The maximum atomic E-state index is 14.1. The van der Waals surface area contributed by atoms with Gasteiger partial charge in [0, 0.05) is 29.0 Å². The number of anilines is 1. The van der Waals surface area contributed by atoms with Gasteiger partial charge in [0.15, 0.2) is 0 Å². The Hall–Kier alpha value is -2.59. The van der Waals surface area contributed by atoms with Crippen molar-refractivity contribution in [3.05, 3.63) is 98.4 Å². The molecule has 0 spiro atoms. The van der Waals surface area contributed by atoms with E-state index in [0.717, 1.165) is 39.0 Å². The van der Waals surface area contributed by atoms with Crippen molar-refractivity contribution in [2.45, 2.75) is 38.8 Å². The van der Waals surface area contributed by atoms with Crippen LogP contribution in [0.25, 0.3) is 0 Å². The molecule has 2 amide bonds. The van der Waals surface area contributed by atoms with E-state index in [2.05, 4.69) is 21.2 Å². The van der Waals surface area contributed by atoms with Crippen LogP contribution in [-0.2, 0) is 32.6 Å². The van der Waals surface area contributed by atoms with Crippen LogP contribution < -0.4 is 9.62 Å². The molecule has 0 fully saturated rings. The second-order valence-corrected chi connectivity index (χ2v) is 13.0. The first kappa shape index (κ1) is 31.9. The molecule has 0 heterocycles. The number of benzene rings is 3. The minimum Gasteiger partial charge on any atom is -0.354 e. The molecule has 3 aromatic rings. The Kier molecular flexibility index (Phi) is 11.9. The molecular formula is C29H32BrCl2N3O4S. The number of amides is 2. The highest BCUT2D eigenvalue weighted by molar-refractivity contribution is 9.10. The quantitative estimate of drug-likeness (QED) is 0.224. The summed E-state index contributed by atoms with van der Waals surface area (Å²) in [4.78, 5) is 29.1. The number of nitrogens with zero attached hydrogens (tertiary/aromatic N) is 2. The van der Waals surface area contributed by atoms with Crippen LogP contribution in [0, 0.1) is 0 Å². The topological polar surface area (TPSA) is 86.8 Å². The molecule has 0 aromatic heterocycles. The summed E-state index contributed by atoms with van der Waals surface area (Å²) < 4.78 is 27.5. The van der Waals surface area contributed by atoms with Gasteiger partial charge in [-0.2, -0.15) is 0 Å². The third-order valence-electron chi connectivity index (χ3n) is 6.20. The van der Waals surface area contributed by atoms with Crippen LogP contribution in [0.5, 0.6) is 0 Å². The van der Waals surface area contributed by atoms with Gasteiger partial charge < -0.3 is 10.2 Å². The molecule has 3 aromatic carbocycles. The Bertz CT molecular complexity index is 1420. The zero-order valence-electron chi connectivity index (χ0n) is 22.3. The monoisotopic (exact) mass is 667 g/mol. The molecule has 1 N–H and O–H groups in total. The van der Waals surface area contributed by atoms with Crippen LogP contribution in [-0.4, -0.2) is 50.5 Å². The second-order valence-electron chi connectivity index (χ2n) is 9.37. The highest BCUT2D eigenvalue weighted by Crippen LogP contribution is 2.30. The smallest absolute Gasteiger partial charge is 0.244 e.